The SMILES string of the molecule is COc1cccc([C@@H](C#N)C(=O)C(F)(F)F)c1. The number of benzene rings is 1. The average Bonchev–Trinajstić information content (AvgIpc) is 2.29. The van der Waals surface area contributed by atoms with Gasteiger partial charge >= 0.3 is 6.18 Å². The molecule has 6 heteroatoms. The van der Waals surface area contributed by atoms with Crippen LogP contribution in [-0.2, 0) is 4.79 Å². The van der Waals surface area contributed by atoms with E-state index >= 15 is 0 Å². The quantitative estimate of drug-likeness (QED) is 0.819. The van der Waals surface area contributed by atoms with Crippen LogP contribution in [0.3, 0.4) is 0 Å². The van der Waals surface area contributed by atoms with Gasteiger partial charge in [-0.05, 0) is 17.7 Å². The smallest absolute Gasteiger partial charge is 0.451 e. The molecule has 0 unspecified atom stereocenters. The monoisotopic (exact) mass is 243 g/mol. The van der Waals surface area contributed by atoms with Gasteiger partial charge in [-0.25, -0.2) is 0 Å². The molecule has 0 aliphatic rings. The van der Waals surface area contributed by atoms with E-state index in [1.165, 1.54) is 37.4 Å². The molecule has 1 aromatic rings. The van der Waals surface area contributed by atoms with E-state index in [-0.39, 0.29) is 11.3 Å². The fourth-order valence-electron chi connectivity index (χ4n) is 1.27. The van der Waals surface area contributed by atoms with E-state index in [9.17, 15) is 18.0 Å². The minimum Gasteiger partial charge on any atom is -0.497 e. The van der Waals surface area contributed by atoms with Gasteiger partial charge in [-0.15, -0.1) is 0 Å². The third-order valence-electron chi connectivity index (χ3n) is 2.10. The zero-order valence-electron chi connectivity index (χ0n) is 8.78. The normalized spacial score (nSPS) is 12.6. The van der Waals surface area contributed by atoms with E-state index in [4.69, 9.17) is 10.00 Å². The van der Waals surface area contributed by atoms with E-state index in [1.807, 2.05) is 0 Å². The molecular formula is C11H8F3NO2. The van der Waals surface area contributed by atoms with Crippen LogP contribution in [0.5, 0.6) is 5.75 Å². The van der Waals surface area contributed by atoms with Crippen LogP contribution in [0.2, 0.25) is 0 Å². The highest BCUT2D eigenvalue weighted by molar-refractivity contribution is 5.92. The first-order valence-corrected chi connectivity index (χ1v) is 4.54. The van der Waals surface area contributed by atoms with Crippen molar-refractivity contribution in [1.82, 2.24) is 0 Å². The lowest BCUT2D eigenvalue weighted by atomic mass is 9.95. The summed E-state index contributed by atoms with van der Waals surface area (Å²) in [5.41, 5.74) is -0.0332. The summed E-state index contributed by atoms with van der Waals surface area (Å²) in [5.74, 6) is -3.64. The predicted octanol–water partition coefficient (Wildman–Crippen LogP) is 2.43. The zero-order chi connectivity index (χ0) is 13.1. The Labute approximate surface area is 95.4 Å². The fraction of sp³-hybridized carbons (Fsp3) is 0.273. The van der Waals surface area contributed by atoms with Gasteiger partial charge in [0, 0.05) is 0 Å². The van der Waals surface area contributed by atoms with Gasteiger partial charge in [-0.3, -0.25) is 4.79 Å². The number of nitriles is 1. The molecule has 0 amide bonds. The Morgan fingerprint density at radius 1 is 1.47 bits per heavy atom. The summed E-state index contributed by atoms with van der Waals surface area (Å²) in [7, 11) is 1.34. The minimum absolute atomic E-state index is 0.0332. The average molecular weight is 243 g/mol. The lowest BCUT2D eigenvalue weighted by Crippen LogP contribution is -2.28. The summed E-state index contributed by atoms with van der Waals surface area (Å²) in [6, 6.07) is 6.79. The third-order valence-corrected chi connectivity index (χ3v) is 2.10. The second-order valence-electron chi connectivity index (χ2n) is 3.20. The lowest BCUT2D eigenvalue weighted by molar-refractivity contribution is -0.171. The molecule has 0 aliphatic heterocycles. The highest BCUT2D eigenvalue weighted by Crippen LogP contribution is 2.28. The van der Waals surface area contributed by atoms with Crippen LogP contribution in [-0.4, -0.2) is 19.1 Å². The Hall–Kier alpha value is -2.03. The lowest BCUT2D eigenvalue weighted by Gasteiger charge is -2.11. The van der Waals surface area contributed by atoms with Crippen LogP contribution in [0.4, 0.5) is 13.2 Å². The first kappa shape index (κ1) is 13.0. The van der Waals surface area contributed by atoms with Gasteiger partial charge in [0.25, 0.3) is 5.78 Å². The fourth-order valence-corrected chi connectivity index (χ4v) is 1.27. The van der Waals surface area contributed by atoms with Crippen molar-refractivity contribution in [3.05, 3.63) is 29.8 Å². The summed E-state index contributed by atoms with van der Waals surface area (Å²) in [4.78, 5) is 11.0. The van der Waals surface area contributed by atoms with E-state index in [1.54, 1.807) is 0 Å². The Balaban J connectivity index is 3.11. The van der Waals surface area contributed by atoms with E-state index in [0.29, 0.717) is 0 Å². The number of halogens is 3. The predicted molar refractivity (Wildman–Crippen MR) is 52.4 cm³/mol. The summed E-state index contributed by atoms with van der Waals surface area (Å²) >= 11 is 0. The molecular weight excluding hydrogens is 235 g/mol. The summed E-state index contributed by atoms with van der Waals surface area (Å²) in [5, 5.41) is 8.67. The molecule has 0 fully saturated rings. The number of hydrogen-bond acceptors (Lipinski definition) is 3. The molecule has 0 bridgehead atoms. The number of hydrogen-bond donors (Lipinski definition) is 0. The molecule has 1 atom stereocenters. The maximum absolute atomic E-state index is 12.2. The summed E-state index contributed by atoms with van der Waals surface area (Å²) in [6.45, 7) is 0. The minimum atomic E-state index is -5.02. The van der Waals surface area contributed by atoms with Crippen molar-refractivity contribution >= 4 is 5.78 Å². The van der Waals surface area contributed by atoms with Gasteiger partial charge in [0.1, 0.15) is 11.7 Å². The molecule has 0 saturated heterocycles. The number of Topliss-reactive ketones (excluding diaryl/α,β-unsaturated/α-hetero) is 1. The molecule has 1 rings (SSSR count). The number of rotatable bonds is 3. The Bertz CT molecular complexity index is 463. The van der Waals surface area contributed by atoms with Crippen molar-refractivity contribution < 1.29 is 22.7 Å². The number of methoxy groups -OCH3 is 1. The first-order chi connectivity index (χ1) is 7.90. The molecule has 0 radical (unpaired) electrons. The van der Waals surface area contributed by atoms with Crippen LogP contribution < -0.4 is 4.74 Å². The first-order valence-electron chi connectivity index (χ1n) is 4.54. The molecule has 90 valence electrons. The number of nitrogens with zero attached hydrogens (tertiary/aromatic N) is 1. The molecule has 1 aromatic carbocycles. The van der Waals surface area contributed by atoms with E-state index in [2.05, 4.69) is 0 Å². The maximum atomic E-state index is 12.2. The van der Waals surface area contributed by atoms with Gasteiger partial charge in [0.15, 0.2) is 0 Å². The molecule has 0 saturated carbocycles. The summed E-state index contributed by atoms with van der Waals surface area (Å²) < 4.78 is 41.5. The highest BCUT2D eigenvalue weighted by atomic mass is 19.4. The van der Waals surface area contributed by atoms with Crippen molar-refractivity contribution in [2.45, 2.75) is 12.1 Å². The van der Waals surface area contributed by atoms with Crippen LogP contribution in [0.15, 0.2) is 24.3 Å². The third kappa shape index (κ3) is 2.97. The highest BCUT2D eigenvalue weighted by Gasteiger charge is 2.44. The van der Waals surface area contributed by atoms with Crippen LogP contribution >= 0.6 is 0 Å². The van der Waals surface area contributed by atoms with Crippen molar-refractivity contribution in [3.63, 3.8) is 0 Å². The number of carbonyl (C=O) groups excluding carboxylic acids is 1. The van der Waals surface area contributed by atoms with Crippen LogP contribution in [0, 0.1) is 11.3 Å². The van der Waals surface area contributed by atoms with Crippen molar-refractivity contribution in [3.8, 4) is 11.8 Å². The van der Waals surface area contributed by atoms with Gasteiger partial charge in [0.05, 0.1) is 13.2 Å². The van der Waals surface area contributed by atoms with Crippen molar-refractivity contribution in [2.24, 2.45) is 0 Å². The molecule has 17 heavy (non-hydrogen) atoms. The van der Waals surface area contributed by atoms with Gasteiger partial charge < -0.3 is 4.74 Å². The van der Waals surface area contributed by atoms with Crippen molar-refractivity contribution in [1.29, 1.82) is 5.26 Å². The second-order valence-corrected chi connectivity index (χ2v) is 3.20. The number of alkyl halides is 3. The number of ether oxygens (including phenoxy) is 1. The molecule has 0 aliphatic carbocycles. The Morgan fingerprint density at radius 2 is 2.12 bits per heavy atom. The standard InChI is InChI=1S/C11H8F3NO2/c1-17-8-4-2-3-7(5-8)9(6-15)10(16)11(12,13)14/h2-5,9H,1H3/t9-/m1/s1. The Kier molecular flexibility index (Phi) is 3.73. The molecule has 0 heterocycles. The second kappa shape index (κ2) is 4.87. The summed E-state index contributed by atoms with van der Waals surface area (Å²) in [6.07, 6.45) is -5.02. The largest absolute Gasteiger partial charge is 0.497 e. The number of carbonyl (C=O) groups is 1. The maximum Gasteiger partial charge on any atom is 0.451 e. The molecule has 0 aromatic heterocycles. The zero-order valence-corrected chi connectivity index (χ0v) is 8.78. The van der Waals surface area contributed by atoms with Gasteiger partial charge in [0.2, 0.25) is 0 Å². The van der Waals surface area contributed by atoms with Gasteiger partial charge in [-0.1, -0.05) is 12.1 Å². The Morgan fingerprint density at radius 3 is 2.59 bits per heavy atom. The van der Waals surface area contributed by atoms with E-state index in [0.717, 1.165) is 0 Å². The molecule has 0 spiro atoms. The number of ketones is 1. The molecule has 0 N–H and O–H groups in total. The van der Waals surface area contributed by atoms with Crippen LogP contribution in [0.25, 0.3) is 0 Å². The molecule has 3 nitrogen and oxygen atoms in total. The topological polar surface area (TPSA) is 50.1 Å². The van der Waals surface area contributed by atoms with Gasteiger partial charge in [-0.2, -0.15) is 18.4 Å². The van der Waals surface area contributed by atoms with Crippen molar-refractivity contribution in [2.75, 3.05) is 7.11 Å². The van der Waals surface area contributed by atoms with Crippen LogP contribution in [0.1, 0.15) is 11.5 Å². The van der Waals surface area contributed by atoms with E-state index < -0.39 is 17.9 Å².